The van der Waals surface area contributed by atoms with E-state index in [9.17, 15) is 9.50 Å². The Morgan fingerprint density at radius 1 is 1.13 bits per heavy atom. The largest absolute Gasteiger partial charge is 0.491 e. The highest BCUT2D eigenvalue weighted by atomic mass is 19.1. The fourth-order valence-electron chi connectivity index (χ4n) is 4.12. The second-order valence-corrected chi connectivity index (χ2v) is 7.76. The van der Waals surface area contributed by atoms with Crippen molar-refractivity contribution in [1.82, 2.24) is 10.1 Å². The van der Waals surface area contributed by atoms with Crippen molar-refractivity contribution in [2.75, 3.05) is 33.0 Å². The van der Waals surface area contributed by atoms with Gasteiger partial charge >= 0.3 is 0 Å². The van der Waals surface area contributed by atoms with Crippen molar-refractivity contribution in [2.45, 2.75) is 24.9 Å². The highest BCUT2D eigenvalue weighted by Crippen LogP contribution is 2.35. The van der Waals surface area contributed by atoms with Gasteiger partial charge in [0, 0.05) is 30.0 Å². The second-order valence-electron chi connectivity index (χ2n) is 7.76. The third-order valence-corrected chi connectivity index (χ3v) is 5.69. The molecule has 0 aliphatic carbocycles. The minimum atomic E-state index is -0.595. The van der Waals surface area contributed by atoms with Crippen molar-refractivity contribution in [1.29, 1.82) is 0 Å². The van der Waals surface area contributed by atoms with E-state index in [2.05, 4.69) is 10.1 Å². The molecule has 0 amide bonds. The highest BCUT2D eigenvalue weighted by Gasteiger charge is 2.26. The number of ether oxygens (including phenoxy) is 3. The number of halogens is 1. The van der Waals surface area contributed by atoms with E-state index in [4.69, 9.17) is 18.7 Å². The standard InChI is InChI=1S/C22H23FN2O5/c23-15-1-3-18-20(9-15)30-24-22(18)14-5-7-25(8-6-14)11-16(26)12-27-17-2-4-19-21(10-17)29-13-28-19/h1-4,9-10,14,16,26H,5-8,11-13H2. The van der Waals surface area contributed by atoms with Gasteiger partial charge in [-0.05, 0) is 50.2 Å². The van der Waals surface area contributed by atoms with E-state index in [0.29, 0.717) is 29.4 Å². The van der Waals surface area contributed by atoms with E-state index in [1.807, 2.05) is 0 Å². The summed E-state index contributed by atoms with van der Waals surface area (Å²) in [6.07, 6.45) is 1.23. The summed E-state index contributed by atoms with van der Waals surface area (Å²) in [5.41, 5.74) is 1.39. The molecule has 2 aliphatic rings. The van der Waals surface area contributed by atoms with Gasteiger partial charge in [0.15, 0.2) is 17.1 Å². The summed E-state index contributed by atoms with van der Waals surface area (Å²) in [6, 6.07) is 9.93. The Labute approximate surface area is 172 Å². The van der Waals surface area contributed by atoms with Gasteiger partial charge in [0.2, 0.25) is 6.79 Å². The van der Waals surface area contributed by atoms with Gasteiger partial charge in [0.25, 0.3) is 0 Å². The fourth-order valence-corrected chi connectivity index (χ4v) is 4.12. The summed E-state index contributed by atoms with van der Waals surface area (Å²) in [5.74, 6) is 1.96. The molecule has 2 aromatic carbocycles. The lowest BCUT2D eigenvalue weighted by molar-refractivity contribution is 0.0591. The summed E-state index contributed by atoms with van der Waals surface area (Å²) < 4.78 is 35.0. The van der Waals surface area contributed by atoms with Crippen molar-refractivity contribution in [3.05, 3.63) is 47.9 Å². The maximum Gasteiger partial charge on any atom is 0.231 e. The number of aliphatic hydroxyl groups is 1. The summed E-state index contributed by atoms with van der Waals surface area (Å²) >= 11 is 0. The molecule has 1 N–H and O–H groups in total. The number of benzene rings is 2. The molecular weight excluding hydrogens is 391 g/mol. The summed E-state index contributed by atoms with van der Waals surface area (Å²) in [4.78, 5) is 2.23. The Hall–Kier alpha value is -2.84. The molecule has 1 saturated heterocycles. The molecule has 3 aromatic rings. The number of aromatic nitrogens is 1. The quantitative estimate of drug-likeness (QED) is 0.663. The molecule has 3 heterocycles. The van der Waals surface area contributed by atoms with Crippen LogP contribution in [0.2, 0.25) is 0 Å². The van der Waals surface area contributed by atoms with Crippen LogP contribution in [0.5, 0.6) is 17.2 Å². The number of piperidine rings is 1. The molecule has 1 unspecified atom stereocenters. The zero-order valence-electron chi connectivity index (χ0n) is 16.4. The molecule has 8 heteroatoms. The molecule has 1 atom stereocenters. The van der Waals surface area contributed by atoms with Crippen molar-refractivity contribution >= 4 is 11.0 Å². The fraction of sp³-hybridized carbons (Fsp3) is 0.409. The zero-order valence-corrected chi connectivity index (χ0v) is 16.4. The van der Waals surface area contributed by atoms with Gasteiger partial charge in [-0.1, -0.05) is 5.16 Å². The van der Waals surface area contributed by atoms with Crippen LogP contribution in [0.1, 0.15) is 24.5 Å². The summed E-state index contributed by atoms with van der Waals surface area (Å²) in [5, 5.41) is 15.5. The van der Waals surface area contributed by atoms with Crippen molar-refractivity contribution in [2.24, 2.45) is 0 Å². The Kier molecular flexibility index (Phi) is 5.18. The van der Waals surface area contributed by atoms with Gasteiger partial charge in [0.05, 0.1) is 5.69 Å². The average molecular weight is 414 g/mol. The van der Waals surface area contributed by atoms with Gasteiger partial charge in [-0.25, -0.2) is 4.39 Å². The number of nitrogens with zero attached hydrogens (tertiary/aromatic N) is 2. The first-order valence-electron chi connectivity index (χ1n) is 10.1. The molecule has 7 nitrogen and oxygen atoms in total. The minimum Gasteiger partial charge on any atom is -0.491 e. The van der Waals surface area contributed by atoms with Crippen LogP contribution < -0.4 is 14.2 Å². The molecular formula is C22H23FN2O5. The molecule has 1 fully saturated rings. The Morgan fingerprint density at radius 3 is 2.83 bits per heavy atom. The third-order valence-electron chi connectivity index (χ3n) is 5.69. The van der Waals surface area contributed by atoms with Crippen molar-refractivity contribution in [3.8, 4) is 17.2 Å². The van der Waals surface area contributed by atoms with Crippen LogP contribution in [-0.4, -0.2) is 54.3 Å². The number of hydrogen-bond acceptors (Lipinski definition) is 7. The number of hydrogen-bond donors (Lipinski definition) is 1. The van der Waals surface area contributed by atoms with E-state index in [-0.39, 0.29) is 25.1 Å². The maximum atomic E-state index is 13.4. The van der Waals surface area contributed by atoms with Crippen LogP contribution in [0, 0.1) is 5.82 Å². The average Bonchev–Trinajstić information content (AvgIpc) is 3.39. The Bertz CT molecular complexity index is 1030. The van der Waals surface area contributed by atoms with E-state index < -0.39 is 6.10 Å². The molecule has 30 heavy (non-hydrogen) atoms. The molecule has 5 rings (SSSR count). The molecule has 0 bridgehead atoms. The number of aliphatic hydroxyl groups excluding tert-OH is 1. The van der Waals surface area contributed by atoms with Gasteiger partial charge < -0.3 is 28.7 Å². The van der Waals surface area contributed by atoms with Crippen LogP contribution in [-0.2, 0) is 0 Å². The van der Waals surface area contributed by atoms with Crippen LogP contribution in [0.15, 0.2) is 40.9 Å². The molecule has 2 aliphatic heterocycles. The van der Waals surface area contributed by atoms with Crippen molar-refractivity contribution < 1.29 is 28.2 Å². The molecule has 0 spiro atoms. The molecule has 158 valence electrons. The predicted octanol–water partition coefficient (Wildman–Crippen LogP) is 3.31. The normalized spacial score (nSPS) is 18.1. The number of β-amino-alcohol motifs (C(OH)–C–C–N with tert-alkyl or cyclic N) is 1. The molecule has 0 radical (unpaired) electrons. The first-order chi connectivity index (χ1) is 14.7. The predicted molar refractivity (Wildman–Crippen MR) is 106 cm³/mol. The lowest BCUT2D eigenvalue weighted by Gasteiger charge is -2.32. The minimum absolute atomic E-state index is 0.207. The smallest absolute Gasteiger partial charge is 0.231 e. The van der Waals surface area contributed by atoms with E-state index in [0.717, 1.165) is 37.0 Å². The van der Waals surface area contributed by atoms with Crippen LogP contribution in [0.3, 0.4) is 0 Å². The monoisotopic (exact) mass is 414 g/mol. The molecule has 1 aromatic heterocycles. The second kappa shape index (κ2) is 8.12. The van der Waals surface area contributed by atoms with Crippen molar-refractivity contribution in [3.63, 3.8) is 0 Å². The lowest BCUT2D eigenvalue weighted by Crippen LogP contribution is -2.40. The highest BCUT2D eigenvalue weighted by molar-refractivity contribution is 5.79. The van der Waals surface area contributed by atoms with Gasteiger partial charge in [-0.2, -0.15) is 0 Å². The zero-order chi connectivity index (χ0) is 20.5. The van der Waals surface area contributed by atoms with E-state index in [1.54, 1.807) is 24.3 Å². The van der Waals surface area contributed by atoms with Crippen LogP contribution >= 0.6 is 0 Å². The van der Waals surface area contributed by atoms with Crippen LogP contribution in [0.25, 0.3) is 11.0 Å². The number of likely N-dealkylation sites (tertiary alicyclic amines) is 1. The molecule has 0 saturated carbocycles. The topological polar surface area (TPSA) is 77.2 Å². The van der Waals surface area contributed by atoms with Crippen LogP contribution in [0.4, 0.5) is 4.39 Å². The Balaban J connectivity index is 1.11. The Morgan fingerprint density at radius 2 is 1.97 bits per heavy atom. The maximum absolute atomic E-state index is 13.4. The summed E-state index contributed by atoms with van der Waals surface area (Å²) in [7, 11) is 0. The van der Waals surface area contributed by atoms with Gasteiger partial charge in [-0.15, -0.1) is 0 Å². The SMILES string of the molecule is OC(COc1ccc2c(c1)OCO2)CN1CCC(c2noc3cc(F)ccc23)CC1. The van der Waals surface area contributed by atoms with E-state index >= 15 is 0 Å². The first-order valence-corrected chi connectivity index (χ1v) is 10.1. The first kappa shape index (κ1) is 19.1. The van der Waals surface area contributed by atoms with Gasteiger partial charge in [0.1, 0.15) is 24.3 Å². The number of rotatable bonds is 6. The van der Waals surface area contributed by atoms with E-state index in [1.165, 1.54) is 12.1 Å². The van der Waals surface area contributed by atoms with Gasteiger partial charge in [-0.3, -0.25) is 0 Å². The lowest BCUT2D eigenvalue weighted by atomic mass is 9.91. The summed E-state index contributed by atoms with van der Waals surface area (Å²) in [6.45, 7) is 2.67. The number of fused-ring (bicyclic) bond motifs is 2. The third kappa shape index (κ3) is 3.93.